The van der Waals surface area contributed by atoms with Gasteiger partial charge >= 0.3 is 5.97 Å². The van der Waals surface area contributed by atoms with Crippen LogP contribution in [-0.4, -0.2) is 46.2 Å². The number of nitrogens with two attached hydrogens (primary N) is 1. The number of nitrogens with one attached hydrogen (secondary N) is 2. The number of hydrogen-bond acceptors (Lipinski definition) is 8. The third-order valence-corrected chi connectivity index (χ3v) is 5.96. The first-order valence-corrected chi connectivity index (χ1v) is 12.2. The van der Waals surface area contributed by atoms with Crippen molar-refractivity contribution in [3.63, 3.8) is 0 Å². The molecular formula is C29H28N6O3. The molecule has 0 bridgehead atoms. The number of aromatic nitrogens is 4. The summed E-state index contributed by atoms with van der Waals surface area (Å²) in [6, 6.07) is 21.0. The predicted molar refractivity (Wildman–Crippen MR) is 147 cm³/mol. The summed E-state index contributed by atoms with van der Waals surface area (Å²) in [5.74, 6) is 1.01. The monoisotopic (exact) mass is 508 g/mol. The molecule has 0 spiro atoms. The number of imidazole rings is 1. The lowest BCUT2D eigenvalue weighted by molar-refractivity contribution is 0.0601. The van der Waals surface area contributed by atoms with Gasteiger partial charge in [-0.25, -0.2) is 9.78 Å². The van der Waals surface area contributed by atoms with Gasteiger partial charge in [-0.1, -0.05) is 18.2 Å². The molecule has 2 aromatic carbocycles. The molecule has 9 nitrogen and oxygen atoms in total. The van der Waals surface area contributed by atoms with E-state index in [-0.39, 0.29) is 5.97 Å². The zero-order valence-electron chi connectivity index (χ0n) is 21.2. The Balaban J connectivity index is 1.50. The van der Waals surface area contributed by atoms with E-state index in [0.717, 1.165) is 50.8 Å². The maximum absolute atomic E-state index is 11.9. The van der Waals surface area contributed by atoms with Crippen LogP contribution in [0.25, 0.3) is 33.5 Å². The molecule has 38 heavy (non-hydrogen) atoms. The largest absolute Gasteiger partial charge is 0.491 e. The number of H-pyrrole nitrogens is 1. The van der Waals surface area contributed by atoms with Crippen LogP contribution >= 0.6 is 0 Å². The van der Waals surface area contributed by atoms with Crippen LogP contribution in [0.5, 0.6) is 5.75 Å². The van der Waals surface area contributed by atoms with Crippen molar-refractivity contribution in [1.29, 1.82) is 0 Å². The molecule has 3 heterocycles. The third-order valence-electron chi connectivity index (χ3n) is 5.96. The van der Waals surface area contributed by atoms with Gasteiger partial charge in [0, 0.05) is 28.9 Å². The molecule has 0 aliphatic carbocycles. The Morgan fingerprint density at radius 2 is 1.92 bits per heavy atom. The number of rotatable bonds is 9. The van der Waals surface area contributed by atoms with Crippen LogP contribution in [0.4, 0.5) is 5.69 Å². The van der Waals surface area contributed by atoms with Crippen LogP contribution in [0.3, 0.4) is 0 Å². The SMILES string of the molecule is COC(=O)c1cccc(NCc2nc(-c3cccc(C)n3)c(-c3ccc4ncc(OCCN)cc4c3)[nH]2)c1. The Labute approximate surface area is 220 Å². The number of aromatic amines is 1. The second-order valence-corrected chi connectivity index (χ2v) is 8.71. The van der Waals surface area contributed by atoms with Gasteiger partial charge in [-0.05, 0) is 55.5 Å². The highest BCUT2D eigenvalue weighted by Gasteiger charge is 2.16. The average Bonchev–Trinajstić information content (AvgIpc) is 3.38. The van der Waals surface area contributed by atoms with Gasteiger partial charge in [-0.2, -0.15) is 0 Å². The summed E-state index contributed by atoms with van der Waals surface area (Å²) >= 11 is 0. The van der Waals surface area contributed by atoms with Crippen molar-refractivity contribution in [3.05, 3.63) is 90.0 Å². The normalized spacial score (nSPS) is 10.9. The van der Waals surface area contributed by atoms with Crippen molar-refractivity contribution < 1.29 is 14.3 Å². The van der Waals surface area contributed by atoms with E-state index >= 15 is 0 Å². The lowest BCUT2D eigenvalue weighted by Gasteiger charge is -2.08. The number of carbonyl (C=O) groups is 1. The Morgan fingerprint density at radius 3 is 2.74 bits per heavy atom. The van der Waals surface area contributed by atoms with Crippen molar-refractivity contribution in [2.75, 3.05) is 25.6 Å². The van der Waals surface area contributed by atoms with E-state index in [1.54, 1.807) is 24.4 Å². The molecule has 9 heteroatoms. The van der Waals surface area contributed by atoms with Crippen LogP contribution in [0.1, 0.15) is 21.9 Å². The second kappa shape index (κ2) is 11.1. The molecule has 0 fully saturated rings. The highest BCUT2D eigenvalue weighted by molar-refractivity contribution is 5.90. The minimum absolute atomic E-state index is 0.385. The van der Waals surface area contributed by atoms with Crippen LogP contribution < -0.4 is 15.8 Å². The fraction of sp³-hybridized carbons (Fsp3) is 0.172. The zero-order chi connectivity index (χ0) is 26.5. The first kappa shape index (κ1) is 24.9. The molecule has 192 valence electrons. The van der Waals surface area contributed by atoms with E-state index in [1.165, 1.54) is 7.11 Å². The fourth-order valence-electron chi connectivity index (χ4n) is 4.16. The van der Waals surface area contributed by atoms with Crippen molar-refractivity contribution in [2.24, 2.45) is 5.73 Å². The standard InChI is InChI=1S/C29H28N6O3/c1-18-5-3-8-25(33-18)28-27(19-9-10-24-21(13-19)15-23(16-32-24)38-12-11-30)34-26(35-28)17-31-22-7-4-6-20(14-22)29(36)37-2/h3-10,13-16,31H,11-12,17,30H2,1-2H3,(H,34,35). The van der Waals surface area contributed by atoms with Crippen LogP contribution in [0, 0.1) is 6.92 Å². The number of carbonyl (C=O) groups excluding carboxylic acids is 1. The van der Waals surface area contributed by atoms with Gasteiger partial charge in [0.2, 0.25) is 0 Å². The Morgan fingerprint density at radius 1 is 1.05 bits per heavy atom. The smallest absolute Gasteiger partial charge is 0.337 e. The molecular weight excluding hydrogens is 480 g/mol. The first-order valence-electron chi connectivity index (χ1n) is 12.2. The molecule has 5 aromatic rings. The minimum Gasteiger partial charge on any atom is -0.491 e. The summed E-state index contributed by atoms with van der Waals surface area (Å²) in [5, 5.41) is 4.27. The Hall–Kier alpha value is -4.76. The molecule has 0 aliphatic heterocycles. The molecule has 5 rings (SSSR count). The van der Waals surface area contributed by atoms with Crippen LogP contribution in [0.2, 0.25) is 0 Å². The van der Waals surface area contributed by atoms with Gasteiger partial charge in [0.1, 0.15) is 23.9 Å². The highest BCUT2D eigenvalue weighted by Crippen LogP contribution is 2.32. The van der Waals surface area contributed by atoms with Crippen molar-refractivity contribution in [1.82, 2.24) is 19.9 Å². The highest BCUT2D eigenvalue weighted by atomic mass is 16.5. The molecule has 0 saturated heterocycles. The number of aryl methyl sites for hydroxylation is 1. The van der Waals surface area contributed by atoms with E-state index < -0.39 is 0 Å². The summed E-state index contributed by atoms with van der Waals surface area (Å²) in [4.78, 5) is 29.5. The lowest BCUT2D eigenvalue weighted by atomic mass is 10.1. The number of methoxy groups -OCH3 is 1. The van der Waals surface area contributed by atoms with E-state index in [0.29, 0.717) is 31.0 Å². The topological polar surface area (TPSA) is 128 Å². The van der Waals surface area contributed by atoms with Gasteiger partial charge in [0.05, 0.1) is 42.3 Å². The number of pyridine rings is 2. The summed E-state index contributed by atoms with van der Waals surface area (Å²) in [6.45, 7) is 3.23. The quantitative estimate of drug-likeness (QED) is 0.244. The molecule has 0 atom stereocenters. The number of benzene rings is 2. The summed E-state index contributed by atoms with van der Waals surface area (Å²) < 4.78 is 10.5. The number of anilines is 1. The number of esters is 1. The van der Waals surface area contributed by atoms with Gasteiger partial charge in [-0.15, -0.1) is 0 Å². The van der Waals surface area contributed by atoms with Gasteiger partial charge < -0.3 is 25.5 Å². The molecule has 0 unspecified atom stereocenters. The third kappa shape index (κ3) is 5.47. The minimum atomic E-state index is -0.385. The summed E-state index contributed by atoms with van der Waals surface area (Å²) in [6.07, 6.45) is 1.70. The Bertz CT molecular complexity index is 1600. The number of nitrogens with zero attached hydrogens (tertiary/aromatic N) is 3. The molecule has 3 aromatic heterocycles. The number of hydrogen-bond donors (Lipinski definition) is 3. The molecule has 4 N–H and O–H groups in total. The molecule has 0 aliphatic rings. The van der Waals surface area contributed by atoms with Crippen LogP contribution in [-0.2, 0) is 11.3 Å². The van der Waals surface area contributed by atoms with E-state index in [4.69, 9.17) is 25.2 Å². The second-order valence-electron chi connectivity index (χ2n) is 8.71. The van der Waals surface area contributed by atoms with E-state index in [1.807, 2.05) is 49.4 Å². The van der Waals surface area contributed by atoms with E-state index in [9.17, 15) is 4.79 Å². The number of ether oxygens (including phenoxy) is 2. The zero-order valence-corrected chi connectivity index (χ0v) is 21.2. The van der Waals surface area contributed by atoms with Crippen molar-refractivity contribution in [3.8, 4) is 28.4 Å². The van der Waals surface area contributed by atoms with Crippen LogP contribution in [0.15, 0.2) is 72.9 Å². The first-order chi connectivity index (χ1) is 18.5. The van der Waals surface area contributed by atoms with Gasteiger partial charge in [0.25, 0.3) is 0 Å². The van der Waals surface area contributed by atoms with Crippen molar-refractivity contribution in [2.45, 2.75) is 13.5 Å². The average molecular weight is 509 g/mol. The molecule has 0 saturated carbocycles. The molecule has 0 amide bonds. The van der Waals surface area contributed by atoms with E-state index in [2.05, 4.69) is 21.4 Å². The number of fused-ring (bicyclic) bond motifs is 1. The maximum Gasteiger partial charge on any atom is 0.337 e. The molecule has 0 radical (unpaired) electrons. The maximum atomic E-state index is 11.9. The predicted octanol–water partition coefficient (Wildman–Crippen LogP) is 4.73. The summed E-state index contributed by atoms with van der Waals surface area (Å²) in [5.41, 5.74) is 11.9. The van der Waals surface area contributed by atoms with Crippen molar-refractivity contribution >= 4 is 22.6 Å². The summed E-state index contributed by atoms with van der Waals surface area (Å²) in [7, 11) is 1.37. The lowest BCUT2D eigenvalue weighted by Crippen LogP contribution is -2.10. The van der Waals surface area contributed by atoms with Gasteiger partial charge in [0.15, 0.2) is 0 Å². The van der Waals surface area contributed by atoms with Gasteiger partial charge in [-0.3, -0.25) is 9.97 Å². The fourth-order valence-corrected chi connectivity index (χ4v) is 4.16. The Kier molecular flexibility index (Phi) is 7.28.